The molecule has 4 N–H and O–H groups in total. The van der Waals surface area contributed by atoms with Crippen LogP contribution in [0.25, 0.3) is 0 Å². The minimum atomic E-state index is -3.02. The second-order valence-electron chi connectivity index (χ2n) is 2.04. The van der Waals surface area contributed by atoms with Gasteiger partial charge in [0, 0.05) is 5.30 Å². The van der Waals surface area contributed by atoms with Gasteiger partial charge >= 0.3 is 0 Å². The number of hydrogen-bond donors (Lipinski definition) is 2. The molecular formula is C6H9N2OP. The molecule has 0 saturated carbocycles. The van der Waals surface area contributed by atoms with Crippen molar-refractivity contribution in [1.82, 2.24) is 0 Å². The predicted molar refractivity (Wildman–Crippen MR) is 42.1 cm³/mol. The van der Waals surface area contributed by atoms with Crippen molar-refractivity contribution >= 4 is 12.7 Å². The Labute approximate surface area is 59.5 Å². The van der Waals surface area contributed by atoms with Gasteiger partial charge in [0.2, 0.25) is 7.44 Å². The number of benzene rings is 1. The van der Waals surface area contributed by atoms with E-state index in [0.717, 1.165) is 0 Å². The lowest BCUT2D eigenvalue weighted by atomic mass is 10.4. The molecule has 0 heterocycles. The monoisotopic (exact) mass is 156 g/mol. The summed E-state index contributed by atoms with van der Waals surface area (Å²) < 4.78 is 11.0. The summed E-state index contributed by atoms with van der Waals surface area (Å²) >= 11 is 0. The normalized spacial score (nSPS) is 11.4. The maximum atomic E-state index is 11.0. The number of rotatable bonds is 1. The first-order chi connectivity index (χ1) is 4.61. The molecule has 0 amide bonds. The summed E-state index contributed by atoms with van der Waals surface area (Å²) in [5.74, 6) is 0. The molecule has 1 aromatic rings. The van der Waals surface area contributed by atoms with Crippen molar-refractivity contribution in [2.45, 2.75) is 0 Å². The van der Waals surface area contributed by atoms with Crippen LogP contribution in [-0.2, 0) is 4.57 Å². The van der Waals surface area contributed by atoms with Crippen LogP contribution < -0.4 is 16.3 Å². The Morgan fingerprint density at radius 1 is 1.10 bits per heavy atom. The third-order valence-electron chi connectivity index (χ3n) is 1.16. The molecule has 0 radical (unpaired) electrons. The van der Waals surface area contributed by atoms with Gasteiger partial charge in [-0.15, -0.1) is 0 Å². The molecule has 0 bridgehead atoms. The second-order valence-corrected chi connectivity index (χ2v) is 3.98. The van der Waals surface area contributed by atoms with E-state index in [1.54, 1.807) is 24.3 Å². The van der Waals surface area contributed by atoms with Gasteiger partial charge in [0.1, 0.15) is 0 Å². The Balaban J connectivity index is 3.09. The highest BCUT2D eigenvalue weighted by molar-refractivity contribution is 7.67. The quantitative estimate of drug-likeness (QED) is 0.579. The maximum Gasteiger partial charge on any atom is 0.235 e. The van der Waals surface area contributed by atoms with Gasteiger partial charge in [0.25, 0.3) is 0 Å². The van der Waals surface area contributed by atoms with E-state index >= 15 is 0 Å². The summed E-state index contributed by atoms with van der Waals surface area (Å²) in [6.07, 6.45) is 0. The van der Waals surface area contributed by atoms with E-state index in [2.05, 4.69) is 0 Å². The summed E-state index contributed by atoms with van der Waals surface area (Å²) in [6, 6.07) is 8.63. The van der Waals surface area contributed by atoms with Crippen LogP contribution in [0.5, 0.6) is 0 Å². The van der Waals surface area contributed by atoms with Gasteiger partial charge in [0.05, 0.1) is 0 Å². The molecule has 4 heteroatoms. The van der Waals surface area contributed by atoms with Crippen molar-refractivity contribution in [3.8, 4) is 0 Å². The number of nitrogens with two attached hydrogens (primary N) is 2. The summed E-state index contributed by atoms with van der Waals surface area (Å²) in [4.78, 5) is 0. The molecule has 1 rings (SSSR count). The van der Waals surface area contributed by atoms with Crippen molar-refractivity contribution in [3.05, 3.63) is 30.3 Å². The Kier molecular flexibility index (Phi) is 1.90. The molecule has 0 unspecified atom stereocenters. The molecule has 0 saturated heterocycles. The first kappa shape index (κ1) is 7.48. The van der Waals surface area contributed by atoms with Gasteiger partial charge in [-0.1, -0.05) is 18.2 Å². The Morgan fingerprint density at radius 3 is 1.90 bits per heavy atom. The molecule has 0 aliphatic rings. The zero-order valence-corrected chi connectivity index (χ0v) is 6.29. The lowest BCUT2D eigenvalue weighted by molar-refractivity contribution is 0.583. The van der Waals surface area contributed by atoms with E-state index in [-0.39, 0.29) is 0 Å². The van der Waals surface area contributed by atoms with Gasteiger partial charge in [-0.25, -0.2) is 0 Å². The second kappa shape index (κ2) is 2.54. The zero-order chi connectivity index (χ0) is 7.61. The first-order valence-corrected chi connectivity index (χ1v) is 4.68. The molecule has 0 atom stereocenters. The van der Waals surface area contributed by atoms with Crippen molar-refractivity contribution < 1.29 is 4.57 Å². The third kappa shape index (κ3) is 1.67. The highest BCUT2D eigenvalue weighted by Gasteiger charge is 2.09. The predicted octanol–water partition coefficient (Wildman–Crippen LogP) is 0.422. The van der Waals surface area contributed by atoms with E-state index in [1.807, 2.05) is 6.07 Å². The van der Waals surface area contributed by atoms with Crippen molar-refractivity contribution in [3.63, 3.8) is 0 Å². The minimum Gasteiger partial charge on any atom is -0.284 e. The summed E-state index contributed by atoms with van der Waals surface area (Å²) in [5, 5.41) is 0.509. The van der Waals surface area contributed by atoms with Crippen LogP contribution >= 0.6 is 7.44 Å². The Hall–Kier alpha value is -0.630. The zero-order valence-electron chi connectivity index (χ0n) is 5.40. The SMILES string of the molecule is NP(N)(=O)c1ccccc1. The first-order valence-electron chi connectivity index (χ1n) is 2.83. The smallest absolute Gasteiger partial charge is 0.235 e. The number of hydrogen-bond acceptors (Lipinski definition) is 1. The fourth-order valence-electron chi connectivity index (χ4n) is 0.661. The van der Waals surface area contributed by atoms with Crippen molar-refractivity contribution in [1.29, 1.82) is 0 Å². The van der Waals surface area contributed by atoms with Gasteiger partial charge in [0.15, 0.2) is 0 Å². The van der Waals surface area contributed by atoms with Crippen LogP contribution in [0.4, 0.5) is 0 Å². The highest BCUT2D eigenvalue weighted by Crippen LogP contribution is 2.22. The van der Waals surface area contributed by atoms with Gasteiger partial charge in [-0.3, -0.25) is 15.6 Å². The van der Waals surface area contributed by atoms with Gasteiger partial charge in [-0.05, 0) is 12.1 Å². The average Bonchev–Trinajstić information content (AvgIpc) is 1.88. The molecular weight excluding hydrogens is 147 g/mol. The van der Waals surface area contributed by atoms with Crippen LogP contribution in [0, 0.1) is 0 Å². The van der Waals surface area contributed by atoms with E-state index in [9.17, 15) is 4.57 Å². The minimum absolute atomic E-state index is 0.509. The standard InChI is InChI=1S/C6H9N2OP/c7-10(8,9)6-4-2-1-3-5-6/h1-5H,(H4,7,8,9). The lowest BCUT2D eigenvalue weighted by Crippen LogP contribution is -2.17. The lowest BCUT2D eigenvalue weighted by Gasteiger charge is -2.03. The van der Waals surface area contributed by atoms with Crippen LogP contribution in [0.2, 0.25) is 0 Å². The van der Waals surface area contributed by atoms with Crippen LogP contribution in [0.15, 0.2) is 30.3 Å². The fourth-order valence-corrected chi connectivity index (χ4v) is 1.30. The molecule has 54 valence electrons. The van der Waals surface area contributed by atoms with Gasteiger partial charge in [-0.2, -0.15) is 0 Å². The molecule has 0 aliphatic carbocycles. The van der Waals surface area contributed by atoms with Crippen molar-refractivity contribution in [2.24, 2.45) is 11.0 Å². The summed E-state index contributed by atoms with van der Waals surface area (Å²) in [6.45, 7) is 0. The molecule has 1 aromatic carbocycles. The van der Waals surface area contributed by atoms with E-state index in [0.29, 0.717) is 5.30 Å². The highest BCUT2D eigenvalue weighted by atomic mass is 31.2. The molecule has 0 spiro atoms. The Morgan fingerprint density at radius 2 is 1.60 bits per heavy atom. The van der Waals surface area contributed by atoms with Crippen molar-refractivity contribution in [2.75, 3.05) is 0 Å². The van der Waals surface area contributed by atoms with Crippen LogP contribution in [-0.4, -0.2) is 0 Å². The molecule has 0 aromatic heterocycles. The molecule has 0 aliphatic heterocycles. The maximum absolute atomic E-state index is 11.0. The average molecular weight is 156 g/mol. The topological polar surface area (TPSA) is 69.1 Å². The molecule has 10 heavy (non-hydrogen) atoms. The third-order valence-corrected chi connectivity index (χ3v) is 2.26. The van der Waals surface area contributed by atoms with Gasteiger partial charge < -0.3 is 0 Å². The Bertz CT molecular complexity index is 254. The fraction of sp³-hybridized carbons (Fsp3) is 0. The summed E-state index contributed by atoms with van der Waals surface area (Å²) in [7, 11) is -3.02. The van der Waals surface area contributed by atoms with E-state index < -0.39 is 7.44 Å². The molecule has 0 fully saturated rings. The molecule has 3 nitrogen and oxygen atoms in total. The largest absolute Gasteiger partial charge is 0.284 e. The van der Waals surface area contributed by atoms with Crippen LogP contribution in [0.3, 0.4) is 0 Å². The summed E-state index contributed by atoms with van der Waals surface area (Å²) in [5.41, 5.74) is 10.4. The van der Waals surface area contributed by atoms with E-state index in [4.69, 9.17) is 11.0 Å². The van der Waals surface area contributed by atoms with Crippen LogP contribution in [0.1, 0.15) is 0 Å². The van der Waals surface area contributed by atoms with E-state index in [1.165, 1.54) is 0 Å².